The SMILES string of the molecule is COc1ncc(C)cc1S(=O)(=O)[C@H]1[C@H]2C[C@@H](N)C[C@@H]2CN1CC1CCOCC1. The Morgan fingerprint density at radius 1 is 1.32 bits per heavy atom. The van der Waals surface area contributed by atoms with E-state index in [1.54, 1.807) is 12.3 Å². The number of likely N-dealkylation sites (tertiary alicyclic amines) is 1. The van der Waals surface area contributed by atoms with Crippen molar-refractivity contribution in [1.82, 2.24) is 9.88 Å². The van der Waals surface area contributed by atoms with Crippen LogP contribution in [-0.2, 0) is 14.6 Å². The molecule has 0 unspecified atom stereocenters. The number of rotatable bonds is 5. The summed E-state index contributed by atoms with van der Waals surface area (Å²) in [5, 5.41) is -0.550. The van der Waals surface area contributed by atoms with Crippen molar-refractivity contribution in [3.8, 4) is 5.88 Å². The van der Waals surface area contributed by atoms with Crippen LogP contribution in [0.4, 0.5) is 0 Å². The third-order valence-electron chi connectivity index (χ3n) is 6.59. The van der Waals surface area contributed by atoms with Gasteiger partial charge in [-0.1, -0.05) is 0 Å². The summed E-state index contributed by atoms with van der Waals surface area (Å²) in [6, 6.07) is 1.78. The van der Waals surface area contributed by atoms with Gasteiger partial charge in [-0.2, -0.15) is 0 Å². The topological polar surface area (TPSA) is 94.8 Å². The summed E-state index contributed by atoms with van der Waals surface area (Å²) in [7, 11) is -2.16. The molecule has 0 radical (unpaired) electrons. The third kappa shape index (κ3) is 3.67. The highest BCUT2D eigenvalue weighted by molar-refractivity contribution is 7.92. The van der Waals surface area contributed by atoms with E-state index >= 15 is 0 Å². The van der Waals surface area contributed by atoms with E-state index in [2.05, 4.69) is 9.88 Å². The number of aryl methyl sites for hydroxylation is 1. The lowest BCUT2D eigenvalue weighted by Gasteiger charge is -2.32. The highest BCUT2D eigenvalue weighted by Gasteiger charge is 2.53. The zero-order chi connectivity index (χ0) is 19.9. The average Bonchev–Trinajstić information content (AvgIpc) is 3.17. The Kier molecular flexibility index (Phi) is 5.66. The van der Waals surface area contributed by atoms with Crippen LogP contribution in [0.5, 0.6) is 5.88 Å². The molecule has 7 nitrogen and oxygen atoms in total. The first kappa shape index (κ1) is 20.1. The molecule has 0 aromatic carbocycles. The smallest absolute Gasteiger partial charge is 0.232 e. The van der Waals surface area contributed by atoms with Crippen molar-refractivity contribution >= 4 is 9.84 Å². The van der Waals surface area contributed by atoms with E-state index in [1.165, 1.54) is 7.11 Å². The zero-order valence-electron chi connectivity index (χ0n) is 16.7. The van der Waals surface area contributed by atoms with Crippen molar-refractivity contribution in [2.24, 2.45) is 23.5 Å². The lowest BCUT2D eigenvalue weighted by atomic mass is 10.00. The van der Waals surface area contributed by atoms with Gasteiger partial charge < -0.3 is 15.2 Å². The number of sulfone groups is 1. The first-order chi connectivity index (χ1) is 13.4. The van der Waals surface area contributed by atoms with E-state index in [9.17, 15) is 8.42 Å². The molecule has 1 aliphatic carbocycles. The van der Waals surface area contributed by atoms with Gasteiger partial charge in [-0.15, -0.1) is 0 Å². The summed E-state index contributed by atoms with van der Waals surface area (Å²) in [4.78, 5) is 6.62. The molecule has 8 heteroatoms. The van der Waals surface area contributed by atoms with E-state index < -0.39 is 15.2 Å². The largest absolute Gasteiger partial charge is 0.480 e. The molecule has 4 atom stereocenters. The molecule has 0 amide bonds. The number of nitrogens with two attached hydrogens (primary N) is 1. The number of methoxy groups -OCH3 is 1. The molecule has 2 saturated heterocycles. The van der Waals surface area contributed by atoms with Gasteiger partial charge in [0.05, 0.1) is 7.11 Å². The summed E-state index contributed by atoms with van der Waals surface area (Å²) < 4.78 is 38.5. The normalized spacial score (nSPS) is 31.8. The fourth-order valence-corrected chi connectivity index (χ4v) is 7.67. The summed E-state index contributed by atoms with van der Waals surface area (Å²) in [6.45, 7) is 5.00. The van der Waals surface area contributed by atoms with Crippen LogP contribution in [0.15, 0.2) is 17.2 Å². The summed E-state index contributed by atoms with van der Waals surface area (Å²) in [5.41, 5.74) is 7.03. The molecule has 4 rings (SSSR count). The predicted molar refractivity (Wildman–Crippen MR) is 106 cm³/mol. The summed E-state index contributed by atoms with van der Waals surface area (Å²) in [5.74, 6) is 1.09. The molecular formula is C20H31N3O4S. The molecule has 1 aromatic heterocycles. The van der Waals surface area contributed by atoms with Gasteiger partial charge in [0.1, 0.15) is 10.3 Å². The van der Waals surface area contributed by atoms with E-state index in [0.29, 0.717) is 11.8 Å². The third-order valence-corrected chi connectivity index (χ3v) is 8.78. The number of hydrogen-bond acceptors (Lipinski definition) is 7. The quantitative estimate of drug-likeness (QED) is 0.789. The minimum atomic E-state index is -3.63. The molecular weight excluding hydrogens is 378 g/mol. The van der Waals surface area contributed by atoms with Gasteiger partial charge in [-0.05, 0) is 62.0 Å². The lowest BCUT2D eigenvalue weighted by molar-refractivity contribution is 0.0528. The second-order valence-corrected chi connectivity index (χ2v) is 10.6. The average molecular weight is 410 g/mol. The Balaban J connectivity index is 1.68. The molecule has 1 saturated carbocycles. The monoisotopic (exact) mass is 409 g/mol. The van der Waals surface area contributed by atoms with Crippen LogP contribution in [-0.4, -0.2) is 63.1 Å². The lowest BCUT2D eigenvalue weighted by Crippen LogP contribution is -2.43. The van der Waals surface area contributed by atoms with Crippen molar-refractivity contribution in [3.05, 3.63) is 17.8 Å². The molecule has 0 bridgehead atoms. The van der Waals surface area contributed by atoms with Crippen molar-refractivity contribution in [1.29, 1.82) is 0 Å². The Hall–Kier alpha value is -1.22. The summed E-state index contributed by atoms with van der Waals surface area (Å²) >= 11 is 0. The Morgan fingerprint density at radius 3 is 2.79 bits per heavy atom. The molecule has 2 aliphatic heterocycles. The number of pyridine rings is 1. The van der Waals surface area contributed by atoms with Crippen LogP contribution in [0.3, 0.4) is 0 Å². The fourth-order valence-electron chi connectivity index (χ4n) is 5.32. The number of aromatic nitrogens is 1. The van der Waals surface area contributed by atoms with E-state index in [4.69, 9.17) is 15.2 Å². The van der Waals surface area contributed by atoms with Gasteiger partial charge in [-0.25, -0.2) is 13.4 Å². The first-order valence-electron chi connectivity index (χ1n) is 10.2. The number of nitrogens with zero attached hydrogens (tertiary/aromatic N) is 2. The van der Waals surface area contributed by atoms with Crippen LogP contribution in [0, 0.1) is 24.7 Å². The zero-order valence-corrected chi connectivity index (χ0v) is 17.5. The maximum absolute atomic E-state index is 13.8. The van der Waals surface area contributed by atoms with Gasteiger partial charge in [0.2, 0.25) is 5.88 Å². The molecule has 3 heterocycles. The van der Waals surface area contributed by atoms with Gasteiger partial charge in [0.15, 0.2) is 9.84 Å². The molecule has 0 spiro atoms. The molecule has 156 valence electrons. The number of fused-ring (bicyclic) bond motifs is 1. The van der Waals surface area contributed by atoms with Crippen molar-refractivity contribution in [2.75, 3.05) is 33.4 Å². The molecule has 28 heavy (non-hydrogen) atoms. The highest BCUT2D eigenvalue weighted by Crippen LogP contribution is 2.46. The predicted octanol–water partition coefficient (Wildman–Crippen LogP) is 1.59. The van der Waals surface area contributed by atoms with E-state index in [0.717, 1.165) is 57.6 Å². The standard InChI is InChI=1S/C20H31N3O4S/c1-13-7-18(19(26-2)22-10-13)28(24,25)20-17-9-16(21)8-15(17)12-23(20)11-14-3-5-27-6-4-14/h7,10,14-17,20H,3-6,8-9,11-12,21H2,1-2H3/t15-,16+,17+,20+/m1/s1. The van der Waals surface area contributed by atoms with E-state index in [-0.39, 0.29) is 22.7 Å². The number of hydrogen-bond donors (Lipinski definition) is 1. The van der Waals surface area contributed by atoms with Gasteiger partial charge in [0, 0.05) is 38.5 Å². The minimum absolute atomic E-state index is 0.0741. The van der Waals surface area contributed by atoms with Gasteiger partial charge >= 0.3 is 0 Å². The fraction of sp³-hybridized carbons (Fsp3) is 0.750. The first-order valence-corrected chi connectivity index (χ1v) is 11.8. The highest BCUT2D eigenvalue weighted by atomic mass is 32.2. The Labute approximate surface area is 167 Å². The Bertz CT molecular complexity index is 810. The molecule has 2 N–H and O–H groups in total. The van der Waals surface area contributed by atoms with Gasteiger partial charge in [0.25, 0.3) is 0 Å². The maximum Gasteiger partial charge on any atom is 0.232 e. The molecule has 3 fully saturated rings. The Morgan fingerprint density at radius 2 is 2.07 bits per heavy atom. The maximum atomic E-state index is 13.8. The second kappa shape index (κ2) is 7.89. The van der Waals surface area contributed by atoms with Crippen LogP contribution in [0.2, 0.25) is 0 Å². The van der Waals surface area contributed by atoms with Crippen molar-refractivity contribution in [3.63, 3.8) is 0 Å². The van der Waals surface area contributed by atoms with Crippen LogP contribution < -0.4 is 10.5 Å². The van der Waals surface area contributed by atoms with Crippen molar-refractivity contribution < 1.29 is 17.9 Å². The molecule has 3 aliphatic rings. The van der Waals surface area contributed by atoms with Crippen molar-refractivity contribution in [2.45, 2.75) is 48.9 Å². The van der Waals surface area contributed by atoms with Crippen LogP contribution in [0.25, 0.3) is 0 Å². The van der Waals surface area contributed by atoms with Crippen LogP contribution >= 0.6 is 0 Å². The summed E-state index contributed by atoms with van der Waals surface area (Å²) in [6.07, 6.45) is 5.30. The van der Waals surface area contributed by atoms with E-state index in [1.807, 2.05) is 6.92 Å². The minimum Gasteiger partial charge on any atom is -0.480 e. The van der Waals surface area contributed by atoms with Gasteiger partial charge in [-0.3, -0.25) is 4.90 Å². The molecule has 1 aromatic rings. The second-order valence-electron chi connectivity index (χ2n) is 8.62. The number of ether oxygens (including phenoxy) is 2. The van der Waals surface area contributed by atoms with Crippen LogP contribution in [0.1, 0.15) is 31.2 Å².